The molecule has 0 spiro atoms. The van der Waals surface area contributed by atoms with E-state index < -0.39 is 10.1 Å². The second kappa shape index (κ2) is 7.49. The maximum atomic E-state index is 12.4. The number of rotatable bonds is 1. The maximum absolute atomic E-state index is 12.4. The van der Waals surface area contributed by atoms with Crippen LogP contribution in [0.2, 0.25) is 5.02 Å². The molecule has 0 fully saturated rings. The summed E-state index contributed by atoms with van der Waals surface area (Å²) in [4.78, 5) is -0.354. The molecule has 4 aromatic carbocycles. The van der Waals surface area contributed by atoms with Gasteiger partial charge in [0.2, 0.25) is 0 Å². The van der Waals surface area contributed by atoms with Crippen LogP contribution in [0, 0.1) is 0 Å². The van der Waals surface area contributed by atoms with Gasteiger partial charge in [0.25, 0.3) is 0 Å². The van der Waals surface area contributed by atoms with Crippen molar-refractivity contribution in [2.24, 2.45) is 0 Å². The van der Waals surface area contributed by atoms with Gasteiger partial charge in [-0.2, -0.15) is 0 Å². The van der Waals surface area contributed by atoms with Gasteiger partial charge in [-0.3, -0.25) is 0 Å². The fourth-order valence-corrected chi connectivity index (χ4v) is 6.10. The van der Waals surface area contributed by atoms with Gasteiger partial charge in [0.05, 0.1) is 9.92 Å². The van der Waals surface area contributed by atoms with E-state index in [1.165, 1.54) is 6.07 Å². The summed E-state index contributed by atoms with van der Waals surface area (Å²) in [6.45, 7) is 0. The van der Waals surface area contributed by atoms with Gasteiger partial charge in [-0.25, -0.2) is 8.42 Å². The molecule has 0 heterocycles. The molecule has 0 amide bonds. The smallest absolute Gasteiger partial charge is 0.744 e. The molecule has 6 heteroatoms. The van der Waals surface area contributed by atoms with Crippen LogP contribution < -0.4 is 18.9 Å². The second-order valence-electron chi connectivity index (χ2n) is 7.64. The molecular formula is C26H14ClLiO3S. The third kappa shape index (κ3) is 2.89. The molecule has 0 radical (unpaired) electrons. The summed E-state index contributed by atoms with van der Waals surface area (Å²) in [5, 5.41) is -0.0563. The third-order valence-corrected chi connectivity index (χ3v) is 7.38. The minimum absolute atomic E-state index is 0. The first-order valence-corrected chi connectivity index (χ1v) is 11.6. The number of hydrogen-bond acceptors (Lipinski definition) is 3. The molecule has 2 aliphatic carbocycles. The van der Waals surface area contributed by atoms with Crippen LogP contribution in [-0.2, 0) is 10.1 Å². The van der Waals surface area contributed by atoms with Crippen molar-refractivity contribution in [3.8, 4) is 22.3 Å². The van der Waals surface area contributed by atoms with E-state index in [0.29, 0.717) is 11.1 Å². The van der Waals surface area contributed by atoms with Gasteiger partial charge in [0.1, 0.15) is 10.1 Å². The van der Waals surface area contributed by atoms with Crippen molar-refractivity contribution in [3.63, 3.8) is 0 Å². The zero-order valence-corrected chi connectivity index (χ0v) is 18.7. The molecule has 6 rings (SSSR count). The zero-order valence-electron chi connectivity index (χ0n) is 17.1. The SMILES string of the molecule is O=S(=O)([O-])c1c(Cl)ccc2c1C(=C1c3ccccc3-c3ccccc31)c1ccccc1-2.[Li+]. The van der Waals surface area contributed by atoms with Crippen molar-refractivity contribution in [3.05, 3.63) is 112 Å². The number of halogens is 1. The Balaban J connectivity index is 0.00000216. The normalized spacial score (nSPS) is 13.2. The van der Waals surface area contributed by atoms with Gasteiger partial charge in [-0.15, -0.1) is 0 Å². The first kappa shape index (κ1) is 21.3. The van der Waals surface area contributed by atoms with Crippen molar-refractivity contribution in [2.45, 2.75) is 4.90 Å². The van der Waals surface area contributed by atoms with Crippen LogP contribution in [0.25, 0.3) is 33.4 Å². The Bertz CT molecular complexity index is 1520. The van der Waals surface area contributed by atoms with E-state index in [-0.39, 0.29) is 28.8 Å². The van der Waals surface area contributed by atoms with E-state index in [1.54, 1.807) is 6.07 Å². The van der Waals surface area contributed by atoms with Crippen LogP contribution in [-0.4, -0.2) is 13.0 Å². The molecule has 0 aromatic heterocycles. The molecule has 4 aromatic rings. The molecule has 150 valence electrons. The Morgan fingerprint density at radius 2 is 0.969 bits per heavy atom. The van der Waals surface area contributed by atoms with E-state index >= 15 is 0 Å². The molecule has 0 unspecified atom stereocenters. The van der Waals surface area contributed by atoms with Gasteiger partial charge >= 0.3 is 18.9 Å². The maximum Gasteiger partial charge on any atom is 1.00 e. The van der Waals surface area contributed by atoms with Crippen molar-refractivity contribution >= 4 is 32.9 Å². The van der Waals surface area contributed by atoms with E-state index in [0.717, 1.165) is 44.5 Å². The topological polar surface area (TPSA) is 57.2 Å². The summed E-state index contributed by atoms with van der Waals surface area (Å²) >= 11 is 6.31. The molecular weight excluding hydrogens is 435 g/mol. The molecule has 0 saturated carbocycles. The van der Waals surface area contributed by atoms with Gasteiger partial charge in [-0.1, -0.05) is 90.5 Å². The predicted octanol–water partition coefficient (Wildman–Crippen LogP) is 3.22. The summed E-state index contributed by atoms with van der Waals surface area (Å²) in [5.41, 5.74) is 8.73. The molecule has 0 atom stereocenters. The first-order valence-electron chi connectivity index (χ1n) is 9.79. The molecule has 0 N–H and O–H groups in total. The summed E-state index contributed by atoms with van der Waals surface area (Å²) in [7, 11) is -4.81. The fraction of sp³-hybridized carbons (Fsp3) is 0. The van der Waals surface area contributed by atoms with Crippen molar-refractivity contribution in [1.29, 1.82) is 0 Å². The van der Waals surface area contributed by atoms with E-state index in [9.17, 15) is 13.0 Å². The van der Waals surface area contributed by atoms with Crippen molar-refractivity contribution in [2.75, 3.05) is 0 Å². The zero-order chi connectivity index (χ0) is 21.3. The van der Waals surface area contributed by atoms with E-state index in [2.05, 4.69) is 12.1 Å². The molecule has 0 bridgehead atoms. The van der Waals surface area contributed by atoms with Crippen LogP contribution in [0.1, 0.15) is 22.3 Å². The molecule has 2 aliphatic rings. The number of fused-ring (bicyclic) bond motifs is 6. The van der Waals surface area contributed by atoms with Crippen LogP contribution >= 0.6 is 11.6 Å². The first-order chi connectivity index (χ1) is 15.0. The summed E-state index contributed by atoms with van der Waals surface area (Å²) in [5.74, 6) is 0. The molecule has 32 heavy (non-hydrogen) atoms. The molecule has 0 aliphatic heterocycles. The van der Waals surface area contributed by atoms with Crippen molar-refractivity contribution in [1.82, 2.24) is 0 Å². The second-order valence-corrected chi connectivity index (χ2v) is 9.36. The van der Waals surface area contributed by atoms with Crippen molar-refractivity contribution < 1.29 is 31.8 Å². The third-order valence-electron chi connectivity index (χ3n) is 6.03. The summed E-state index contributed by atoms with van der Waals surface area (Å²) < 4.78 is 37.1. The fourth-order valence-electron chi connectivity index (χ4n) is 4.89. The monoisotopic (exact) mass is 448 g/mol. The Hall–Kier alpha value is -2.58. The molecule has 0 saturated heterocycles. The van der Waals surface area contributed by atoms with Gasteiger partial charge in [0.15, 0.2) is 0 Å². The minimum atomic E-state index is -4.81. The van der Waals surface area contributed by atoms with Gasteiger partial charge in [-0.05, 0) is 56.2 Å². The predicted molar refractivity (Wildman–Crippen MR) is 122 cm³/mol. The number of benzene rings is 4. The largest absolute Gasteiger partial charge is 1.00 e. The van der Waals surface area contributed by atoms with Crippen LogP contribution in [0.3, 0.4) is 0 Å². The van der Waals surface area contributed by atoms with Crippen LogP contribution in [0.15, 0.2) is 89.8 Å². The van der Waals surface area contributed by atoms with Crippen LogP contribution in [0.4, 0.5) is 0 Å². The average Bonchev–Trinajstić information content (AvgIpc) is 3.25. The summed E-state index contributed by atoms with van der Waals surface area (Å²) in [6, 6.07) is 27.2. The Morgan fingerprint density at radius 3 is 1.44 bits per heavy atom. The van der Waals surface area contributed by atoms with E-state index in [4.69, 9.17) is 11.6 Å². The van der Waals surface area contributed by atoms with E-state index in [1.807, 2.05) is 60.7 Å². The quantitative estimate of drug-likeness (QED) is 0.287. The minimum Gasteiger partial charge on any atom is -0.744 e. The number of hydrogen-bond donors (Lipinski definition) is 0. The summed E-state index contributed by atoms with van der Waals surface area (Å²) in [6.07, 6.45) is 0. The Kier molecular flexibility index (Phi) is 4.98. The standard InChI is InChI=1S/C26H15ClO3S.Li/c27-22-14-13-21-17-9-3-6-12-20(17)24(25(21)26(22)31(28,29)30)23-18-10-4-1-7-15(18)16-8-2-5-11-19(16)23;/h1-14H,(H,28,29,30);/q;+1/p-1. The average molecular weight is 449 g/mol. The van der Waals surface area contributed by atoms with Crippen LogP contribution in [0.5, 0.6) is 0 Å². The molecule has 3 nitrogen and oxygen atoms in total. The Labute approximate surface area is 203 Å². The Morgan fingerprint density at radius 1 is 0.562 bits per heavy atom. The van der Waals surface area contributed by atoms with Gasteiger partial charge in [0, 0.05) is 5.56 Å². The van der Waals surface area contributed by atoms with Gasteiger partial charge < -0.3 is 4.55 Å².